The van der Waals surface area contributed by atoms with Crippen molar-refractivity contribution in [2.24, 2.45) is 0 Å². The zero-order valence-electron chi connectivity index (χ0n) is 33.4. The largest absolute Gasteiger partial charge is 0.456 e. The van der Waals surface area contributed by atoms with Crippen molar-refractivity contribution in [1.82, 2.24) is 0 Å². The summed E-state index contributed by atoms with van der Waals surface area (Å²) in [5.41, 5.74) is 16.7. The van der Waals surface area contributed by atoms with E-state index in [0.29, 0.717) is 0 Å². The molecular formula is C59H39NO. The van der Waals surface area contributed by atoms with Gasteiger partial charge in [0.1, 0.15) is 11.2 Å². The average Bonchev–Trinajstić information content (AvgIpc) is 3.87. The van der Waals surface area contributed by atoms with E-state index in [-0.39, 0.29) is 0 Å². The van der Waals surface area contributed by atoms with E-state index in [9.17, 15) is 0 Å². The molecule has 61 heavy (non-hydrogen) atoms. The number of furan rings is 1. The predicted octanol–water partition coefficient (Wildman–Crippen LogP) is 15.9. The molecule has 0 saturated heterocycles. The first-order valence-electron chi connectivity index (χ1n) is 21.0. The maximum absolute atomic E-state index is 6.91. The molecule has 0 spiro atoms. The number of fused-ring (bicyclic) bond motifs is 8. The molecular weight excluding hydrogens is 739 g/mol. The molecule has 0 radical (unpaired) electrons. The molecule has 0 amide bonds. The fourth-order valence-electron chi connectivity index (χ4n) is 10.1. The Morgan fingerprint density at radius 3 is 1.82 bits per heavy atom. The summed E-state index contributed by atoms with van der Waals surface area (Å²) < 4.78 is 6.91. The van der Waals surface area contributed by atoms with Crippen LogP contribution >= 0.6 is 0 Å². The van der Waals surface area contributed by atoms with Crippen LogP contribution in [0.1, 0.15) is 22.3 Å². The minimum atomic E-state index is -0.557. The summed E-state index contributed by atoms with van der Waals surface area (Å²) in [6, 6.07) is 85.7. The minimum Gasteiger partial charge on any atom is -0.456 e. The van der Waals surface area contributed by atoms with E-state index in [0.717, 1.165) is 50.1 Å². The Morgan fingerprint density at radius 2 is 0.984 bits per heavy atom. The number of para-hydroxylation sites is 1. The summed E-state index contributed by atoms with van der Waals surface area (Å²) in [5, 5.41) is 4.72. The molecule has 0 aliphatic heterocycles. The molecule has 12 rings (SSSR count). The second-order valence-corrected chi connectivity index (χ2v) is 16.0. The summed E-state index contributed by atoms with van der Waals surface area (Å²) in [6.45, 7) is 0. The zero-order chi connectivity index (χ0) is 40.3. The van der Waals surface area contributed by atoms with E-state index < -0.39 is 5.41 Å². The van der Waals surface area contributed by atoms with Gasteiger partial charge in [-0.15, -0.1) is 0 Å². The van der Waals surface area contributed by atoms with Gasteiger partial charge >= 0.3 is 0 Å². The maximum atomic E-state index is 6.91. The van der Waals surface area contributed by atoms with Crippen molar-refractivity contribution in [1.29, 1.82) is 0 Å². The molecule has 2 heteroatoms. The molecule has 0 fully saturated rings. The quantitative estimate of drug-likeness (QED) is 0.160. The van der Waals surface area contributed by atoms with Gasteiger partial charge < -0.3 is 9.32 Å². The standard InChI is InChI=1S/C59H39NO/c1-4-16-40(17-5-1)41-30-34-47(35-31-41)60(46-22-8-3-9-23-46)48-24-14-19-43(38-48)49-27-15-29-55-57(49)53-37-33-45(39-56(53)61-55)59(44-20-6-2-7-21-44)54-28-13-12-26-51(54)52-36-32-42-18-10-11-25-50(42)58(52)59/h1-39H. The van der Waals surface area contributed by atoms with Gasteiger partial charge in [-0.2, -0.15) is 0 Å². The summed E-state index contributed by atoms with van der Waals surface area (Å²) in [4.78, 5) is 2.34. The Labute approximate surface area is 355 Å². The van der Waals surface area contributed by atoms with Gasteiger partial charge in [-0.25, -0.2) is 0 Å². The Kier molecular flexibility index (Phi) is 8.11. The number of rotatable bonds is 7. The van der Waals surface area contributed by atoms with Crippen molar-refractivity contribution >= 4 is 49.8 Å². The first-order chi connectivity index (χ1) is 30.3. The van der Waals surface area contributed by atoms with E-state index in [4.69, 9.17) is 4.42 Å². The highest BCUT2D eigenvalue weighted by atomic mass is 16.3. The number of benzene rings is 10. The Hall–Kier alpha value is -7.94. The second-order valence-electron chi connectivity index (χ2n) is 16.0. The molecule has 1 atom stereocenters. The van der Waals surface area contributed by atoms with Gasteiger partial charge in [-0.05, 0) is 115 Å². The zero-order valence-corrected chi connectivity index (χ0v) is 33.4. The fourth-order valence-corrected chi connectivity index (χ4v) is 10.1. The van der Waals surface area contributed by atoms with Crippen molar-refractivity contribution < 1.29 is 4.42 Å². The molecule has 10 aromatic carbocycles. The van der Waals surface area contributed by atoms with Crippen LogP contribution in [-0.2, 0) is 5.41 Å². The number of anilines is 3. The minimum absolute atomic E-state index is 0.557. The molecule has 1 aliphatic rings. The van der Waals surface area contributed by atoms with Crippen LogP contribution in [0.25, 0.3) is 66.1 Å². The smallest absolute Gasteiger partial charge is 0.136 e. The molecule has 11 aromatic rings. The van der Waals surface area contributed by atoms with Crippen LogP contribution in [0.3, 0.4) is 0 Å². The van der Waals surface area contributed by atoms with Gasteiger partial charge in [0.25, 0.3) is 0 Å². The highest BCUT2D eigenvalue weighted by Gasteiger charge is 2.47. The van der Waals surface area contributed by atoms with Crippen LogP contribution in [0, 0.1) is 0 Å². The monoisotopic (exact) mass is 777 g/mol. The molecule has 2 nitrogen and oxygen atoms in total. The van der Waals surface area contributed by atoms with Crippen LogP contribution in [0.15, 0.2) is 241 Å². The molecule has 1 unspecified atom stereocenters. The Balaban J connectivity index is 1.02. The Bertz CT molecular complexity index is 3410. The van der Waals surface area contributed by atoms with Gasteiger partial charge in [0.15, 0.2) is 0 Å². The maximum Gasteiger partial charge on any atom is 0.136 e. The summed E-state index contributed by atoms with van der Waals surface area (Å²) in [5.74, 6) is 0. The summed E-state index contributed by atoms with van der Waals surface area (Å²) >= 11 is 0. The SMILES string of the molecule is c1ccc(-c2ccc(N(c3ccccc3)c3cccc(-c4cccc5oc6cc(C7(c8ccccc8)c8ccccc8-c8ccc9ccccc9c87)ccc6c45)c3)cc2)cc1. The lowest BCUT2D eigenvalue weighted by molar-refractivity contribution is 0.666. The van der Waals surface area contributed by atoms with Crippen LogP contribution in [0.5, 0.6) is 0 Å². The van der Waals surface area contributed by atoms with Crippen molar-refractivity contribution in [2.75, 3.05) is 4.90 Å². The summed E-state index contributed by atoms with van der Waals surface area (Å²) in [7, 11) is 0. The lowest BCUT2D eigenvalue weighted by atomic mass is 9.66. The van der Waals surface area contributed by atoms with E-state index in [1.807, 2.05) is 0 Å². The molecule has 1 aromatic heterocycles. The van der Waals surface area contributed by atoms with Crippen molar-refractivity contribution in [2.45, 2.75) is 5.41 Å². The third-order valence-electron chi connectivity index (χ3n) is 12.7. The van der Waals surface area contributed by atoms with E-state index in [1.54, 1.807) is 0 Å². The van der Waals surface area contributed by atoms with Gasteiger partial charge in [0.05, 0.1) is 5.41 Å². The Morgan fingerprint density at radius 1 is 0.344 bits per heavy atom. The molecule has 0 N–H and O–H groups in total. The molecule has 1 heterocycles. The molecule has 0 saturated carbocycles. The van der Waals surface area contributed by atoms with E-state index >= 15 is 0 Å². The molecule has 286 valence electrons. The first-order valence-corrected chi connectivity index (χ1v) is 21.0. The van der Waals surface area contributed by atoms with Crippen molar-refractivity contribution in [3.05, 3.63) is 259 Å². The summed E-state index contributed by atoms with van der Waals surface area (Å²) in [6.07, 6.45) is 0. The van der Waals surface area contributed by atoms with Gasteiger partial charge in [0, 0.05) is 27.8 Å². The van der Waals surface area contributed by atoms with Crippen molar-refractivity contribution in [3.63, 3.8) is 0 Å². The van der Waals surface area contributed by atoms with Crippen LogP contribution in [-0.4, -0.2) is 0 Å². The molecule has 1 aliphatic carbocycles. The lowest BCUT2D eigenvalue weighted by Crippen LogP contribution is -2.28. The predicted molar refractivity (Wildman–Crippen MR) is 254 cm³/mol. The van der Waals surface area contributed by atoms with Crippen LogP contribution in [0.4, 0.5) is 17.1 Å². The van der Waals surface area contributed by atoms with Gasteiger partial charge in [0.2, 0.25) is 0 Å². The average molecular weight is 778 g/mol. The van der Waals surface area contributed by atoms with E-state index in [2.05, 4.69) is 241 Å². The first kappa shape index (κ1) is 35.0. The van der Waals surface area contributed by atoms with Crippen LogP contribution < -0.4 is 4.90 Å². The lowest BCUT2D eigenvalue weighted by Gasteiger charge is -2.34. The van der Waals surface area contributed by atoms with Crippen molar-refractivity contribution in [3.8, 4) is 33.4 Å². The van der Waals surface area contributed by atoms with Gasteiger partial charge in [-0.3, -0.25) is 0 Å². The van der Waals surface area contributed by atoms with Gasteiger partial charge in [-0.1, -0.05) is 188 Å². The number of hydrogen-bond acceptors (Lipinski definition) is 2. The number of nitrogens with zero attached hydrogens (tertiary/aromatic N) is 1. The fraction of sp³-hybridized carbons (Fsp3) is 0.0169. The third kappa shape index (κ3) is 5.50. The highest BCUT2D eigenvalue weighted by molar-refractivity contribution is 6.13. The topological polar surface area (TPSA) is 16.4 Å². The number of hydrogen-bond donors (Lipinski definition) is 0. The normalized spacial score (nSPS) is 14.3. The van der Waals surface area contributed by atoms with Crippen LogP contribution in [0.2, 0.25) is 0 Å². The van der Waals surface area contributed by atoms with E-state index in [1.165, 1.54) is 55.3 Å². The third-order valence-corrected chi connectivity index (χ3v) is 12.7. The second kappa shape index (κ2) is 14.1. The highest BCUT2D eigenvalue weighted by Crippen LogP contribution is 2.58. The molecule has 0 bridgehead atoms.